The fourth-order valence-corrected chi connectivity index (χ4v) is 3.16. The highest BCUT2D eigenvalue weighted by Crippen LogP contribution is 2.27. The normalized spacial score (nSPS) is 23.9. The molecule has 1 saturated carbocycles. The van der Waals surface area contributed by atoms with Crippen LogP contribution < -0.4 is 10.6 Å². The molecule has 110 valence electrons. The smallest absolute Gasteiger partial charge is 0.315 e. The molecule has 1 aliphatic rings. The van der Waals surface area contributed by atoms with Gasteiger partial charge in [-0.2, -0.15) is 11.8 Å². The van der Waals surface area contributed by atoms with Gasteiger partial charge in [-0.3, -0.25) is 4.79 Å². The molecule has 0 aromatic carbocycles. The molecule has 0 saturated heterocycles. The standard InChI is InChI=1S/C13H24N2O3S/c1-9(4-3-5-12(16)17)14-13(18)15-10-6-7-11(8-10)19-2/h9-11H,3-8H2,1-2H3,(H,16,17)(H2,14,15,18). The molecule has 0 aromatic rings. The molecular weight excluding hydrogens is 264 g/mol. The van der Waals surface area contributed by atoms with Crippen LogP contribution in [0.4, 0.5) is 4.79 Å². The van der Waals surface area contributed by atoms with Crippen LogP contribution in [0.25, 0.3) is 0 Å². The molecule has 19 heavy (non-hydrogen) atoms. The number of hydrogen-bond donors (Lipinski definition) is 3. The lowest BCUT2D eigenvalue weighted by Gasteiger charge is -2.17. The van der Waals surface area contributed by atoms with E-state index in [0.29, 0.717) is 18.1 Å². The largest absolute Gasteiger partial charge is 0.481 e. The zero-order valence-corrected chi connectivity index (χ0v) is 12.5. The predicted octanol–water partition coefficient (Wildman–Crippen LogP) is 2.21. The zero-order chi connectivity index (χ0) is 14.3. The van der Waals surface area contributed by atoms with E-state index < -0.39 is 5.97 Å². The summed E-state index contributed by atoms with van der Waals surface area (Å²) in [5.41, 5.74) is 0. The highest BCUT2D eigenvalue weighted by Gasteiger charge is 2.25. The topological polar surface area (TPSA) is 78.4 Å². The van der Waals surface area contributed by atoms with Crippen molar-refractivity contribution in [2.24, 2.45) is 0 Å². The van der Waals surface area contributed by atoms with Crippen molar-refractivity contribution in [3.63, 3.8) is 0 Å². The molecule has 1 rings (SSSR count). The summed E-state index contributed by atoms with van der Waals surface area (Å²) in [5, 5.41) is 15.1. The molecule has 2 amide bonds. The molecule has 0 radical (unpaired) electrons. The first kappa shape index (κ1) is 16.1. The second kappa shape index (κ2) is 8.30. The molecule has 5 nitrogen and oxygen atoms in total. The number of urea groups is 1. The Kier molecular flexibility index (Phi) is 7.05. The van der Waals surface area contributed by atoms with Gasteiger partial charge in [0.1, 0.15) is 0 Å². The third-order valence-corrected chi connectivity index (χ3v) is 4.55. The number of amides is 2. The number of thioether (sulfide) groups is 1. The van der Waals surface area contributed by atoms with Crippen molar-refractivity contribution < 1.29 is 14.7 Å². The lowest BCUT2D eigenvalue weighted by atomic mass is 10.1. The van der Waals surface area contributed by atoms with Gasteiger partial charge in [0, 0.05) is 23.8 Å². The number of carbonyl (C=O) groups excluding carboxylic acids is 1. The van der Waals surface area contributed by atoms with E-state index in [4.69, 9.17) is 5.11 Å². The van der Waals surface area contributed by atoms with Gasteiger partial charge < -0.3 is 15.7 Å². The Morgan fingerprint density at radius 2 is 2.16 bits per heavy atom. The van der Waals surface area contributed by atoms with Gasteiger partial charge in [0.15, 0.2) is 0 Å². The molecule has 6 heteroatoms. The van der Waals surface area contributed by atoms with Crippen molar-refractivity contribution in [1.29, 1.82) is 0 Å². The number of aliphatic carboxylic acids is 1. The molecule has 0 spiro atoms. The molecule has 1 fully saturated rings. The Morgan fingerprint density at radius 1 is 1.42 bits per heavy atom. The van der Waals surface area contributed by atoms with Gasteiger partial charge in [0.05, 0.1) is 0 Å². The van der Waals surface area contributed by atoms with Crippen LogP contribution in [-0.4, -0.2) is 40.7 Å². The van der Waals surface area contributed by atoms with E-state index in [1.807, 2.05) is 18.7 Å². The first-order chi connectivity index (χ1) is 9.01. The van der Waals surface area contributed by atoms with E-state index in [0.717, 1.165) is 12.8 Å². The van der Waals surface area contributed by atoms with Gasteiger partial charge in [-0.25, -0.2) is 4.79 Å². The molecule has 3 N–H and O–H groups in total. The van der Waals surface area contributed by atoms with Crippen LogP contribution in [0.15, 0.2) is 0 Å². The van der Waals surface area contributed by atoms with Crippen LogP contribution in [0.2, 0.25) is 0 Å². The second-order valence-electron chi connectivity index (χ2n) is 5.17. The van der Waals surface area contributed by atoms with Crippen molar-refractivity contribution in [1.82, 2.24) is 10.6 Å². The average molecular weight is 288 g/mol. The average Bonchev–Trinajstić information content (AvgIpc) is 2.75. The Morgan fingerprint density at radius 3 is 2.74 bits per heavy atom. The first-order valence-electron chi connectivity index (χ1n) is 6.83. The SMILES string of the molecule is CSC1CCC(NC(=O)NC(C)CCCC(=O)O)C1. The first-order valence-corrected chi connectivity index (χ1v) is 8.11. The van der Waals surface area contributed by atoms with Gasteiger partial charge in [0.2, 0.25) is 0 Å². The number of carboxylic acids is 1. The summed E-state index contributed by atoms with van der Waals surface area (Å²) in [6, 6.07) is 0.162. The van der Waals surface area contributed by atoms with Crippen molar-refractivity contribution in [2.75, 3.05) is 6.26 Å². The van der Waals surface area contributed by atoms with Gasteiger partial charge in [-0.15, -0.1) is 0 Å². The highest BCUT2D eigenvalue weighted by molar-refractivity contribution is 7.99. The maximum absolute atomic E-state index is 11.8. The van der Waals surface area contributed by atoms with Crippen molar-refractivity contribution in [3.05, 3.63) is 0 Å². The van der Waals surface area contributed by atoms with Crippen LogP contribution in [0.5, 0.6) is 0 Å². The van der Waals surface area contributed by atoms with E-state index in [1.54, 1.807) is 0 Å². The fourth-order valence-electron chi connectivity index (χ4n) is 2.37. The Balaban J connectivity index is 2.14. The summed E-state index contributed by atoms with van der Waals surface area (Å²) in [4.78, 5) is 22.1. The zero-order valence-electron chi connectivity index (χ0n) is 11.6. The van der Waals surface area contributed by atoms with Crippen LogP contribution >= 0.6 is 11.8 Å². The lowest BCUT2D eigenvalue weighted by Crippen LogP contribution is -2.44. The third kappa shape index (κ3) is 6.71. The van der Waals surface area contributed by atoms with E-state index in [9.17, 15) is 9.59 Å². The van der Waals surface area contributed by atoms with Gasteiger partial charge in [0.25, 0.3) is 0 Å². The van der Waals surface area contributed by atoms with Gasteiger partial charge >= 0.3 is 12.0 Å². The maximum Gasteiger partial charge on any atom is 0.315 e. The number of carbonyl (C=O) groups is 2. The Bertz CT molecular complexity index is 312. The molecule has 0 aromatic heterocycles. The minimum absolute atomic E-state index is 0.0112. The van der Waals surface area contributed by atoms with E-state index in [1.165, 1.54) is 6.42 Å². The lowest BCUT2D eigenvalue weighted by molar-refractivity contribution is -0.137. The molecule has 0 aliphatic heterocycles. The summed E-state index contributed by atoms with van der Waals surface area (Å²) >= 11 is 1.86. The van der Waals surface area contributed by atoms with E-state index >= 15 is 0 Å². The Hall–Kier alpha value is -0.910. The summed E-state index contributed by atoms with van der Waals surface area (Å²) in [6.45, 7) is 1.90. The monoisotopic (exact) mass is 288 g/mol. The summed E-state index contributed by atoms with van der Waals surface area (Å²) < 4.78 is 0. The van der Waals surface area contributed by atoms with Crippen LogP contribution in [0.3, 0.4) is 0 Å². The minimum Gasteiger partial charge on any atom is -0.481 e. The maximum atomic E-state index is 11.8. The van der Waals surface area contributed by atoms with E-state index in [-0.39, 0.29) is 24.5 Å². The highest BCUT2D eigenvalue weighted by atomic mass is 32.2. The summed E-state index contributed by atoms with van der Waals surface area (Å²) in [7, 11) is 0. The van der Waals surface area contributed by atoms with Gasteiger partial charge in [-0.1, -0.05) is 0 Å². The molecule has 0 bridgehead atoms. The number of nitrogens with one attached hydrogen (secondary N) is 2. The molecule has 3 atom stereocenters. The van der Waals surface area contributed by atoms with Crippen LogP contribution in [0.1, 0.15) is 45.4 Å². The van der Waals surface area contributed by atoms with Gasteiger partial charge in [-0.05, 0) is 45.3 Å². The van der Waals surface area contributed by atoms with E-state index in [2.05, 4.69) is 16.9 Å². The quantitative estimate of drug-likeness (QED) is 0.671. The molecule has 1 aliphatic carbocycles. The van der Waals surface area contributed by atoms with Crippen molar-refractivity contribution in [3.8, 4) is 0 Å². The number of hydrogen-bond acceptors (Lipinski definition) is 3. The molecule has 0 heterocycles. The number of carboxylic acid groups (broad SMARTS) is 1. The number of rotatable bonds is 7. The molecular formula is C13H24N2O3S. The fraction of sp³-hybridized carbons (Fsp3) is 0.846. The van der Waals surface area contributed by atoms with Crippen molar-refractivity contribution >= 4 is 23.8 Å². The summed E-state index contributed by atoms with van der Waals surface area (Å²) in [5.74, 6) is -0.786. The summed E-state index contributed by atoms with van der Waals surface area (Å²) in [6.07, 6.45) is 6.81. The Labute approximate surface area is 118 Å². The third-order valence-electron chi connectivity index (χ3n) is 3.46. The van der Waals surface area contributed by atoms with Crippen LogP contribution in [-0.2, 0) is 4.79 Å². The predicted molar refractivity (Wildman–Crippen MR) is 77.6 cm³/mol. The second-order valence-corrected chi connectivity index (χ2v) is 6.31. The van der Waals surface area contributed by atoms with Crippen molar-refractivity contribution in [2.45, 2.75) is 62.8 Å². The molecule has 3 unspecified atom stereocenters. The van der Waals surface area contributed by atoms with Crippen LogP contribution in [0, 0.1) is 0 Å². The minimum atomic E-state index is -0.786.